The molecule has 2 aromatic rings. The van der Waals surface area contributed by atoms with Crippen molar-refractivity contribution in [2.45, 2.75) is 13.0 Å². The van der Waals surface area contributed by atoms with E-state index in [1.165, 1.54) is 4.31 Å². The Hall–Kier alpha value is -2.59. The van der Waals surface area contributed by atoms with Crippen LogP contribution in [0, 0.1) is 11.3 Å². The van der Waals surface area contributed by atoms with Crippen LogP contribution < -0.4 is 9.62 Å². The van der Waals surface area contributed by atoms with Crippen LogP contribution in [0.1, 0.15) is 17.5 Å². The summed E-state index contributed by atoms with van der Waals surface area (Å²) < 4.78 is 25.5. The van der Waals surface area contributed by atoms with Crippen LogP contribution in [0.3, 0.4) is 0 Å². The van der Waals surface area contributed by atoms with E-state index in [-0.39, 0.29) is 5.75 Å². The highest BCUT2D eigenvalue weighted by atomic mass is 32.2. The number of nitrogens with one attached hydrogen (secondary N) is 1. The summed E-state index contributed by atoms with van der Waals surface area (Å²) in [7, 11) is -3.18. The molecule has 0 spiro atoms. The Bertz CT molecular complexity index is 858. The van der Waals surface area contributed by atoms with Crippen molar-refractivity contribution >= 4 is 21.5 Å². The number of aromatic nitrogens is 1. The summed E-state index contributed by atoms with van der Waals surface area (Å²) in [5, 5.41) is 12.2. The van der Waals surface area contributed by atoms with Gasteiger partial charge in [-0.25, -0.2) is 13.4 Å². The molecule has 1 aromatic carbocycles. The Kier molecular flexibility index (Phi) is 4.17. The second-order valence-electron chi connectivity index (χ2n) is 5.28. The molecule has 0 amide bonds. The molecule has 23 heavy (non-hydrogen) atoms. The average molecular weight is 328 g/mol. The highest BCUT2D eigenvalue weighted by Crippen LogP contribution is 2.25. The predicted molar refractivity (Wildman–Crippen MR) is 88.5 cm³/mol. The summed E-state index contributed by atoms with van der Waals surface area (Å²) in [5.74, 6) is 0.726. The molecule has 0 unspecified atom stereocenters. The number of rotatable bonds is 4. The molecule has 0 aliphatic carbocycles. The number of sulfonamides is 1. The fraction of sp³-hybridized carbons (Fsp3) is 0.250. The number of anilines is 2. The molecule has 118 valence electrons. The molecule has 7 heteroatoms. The van der Waals surface area contributed by atoms with Gasteiger partial charge in [0.05, 0.1) is 17.0 Å². The molecule has 0 atom stereocenters. The highest BCUT2D eigenvalue weighted by molar-refractivity contribution is 7.93. The smallest absolute Gasteiger partial charge is 0.235 e. The van der Waals surface area contributed by atoms with Crippen molar-refractivity contribution in [2.75, 3.05) is 21.9 Å². The molecule has 0 saturated carbocycles. The van der Waals surface area contributed by atoms with E-state index in [1.807, 2.05) is 18.2 Å². The van der Waals surface area contributed by atoms with Crippen LogP contribution in [0.5, 0.6) is 0 Å². The molecule has 1 aliphatic heterocycles. The van der Waals surface area contributed by atoms with Crippen LogP contribution >= 0.6 is 0 Å². The van der Waals surface area contributed by atoms with Gasteiger partial charge in [-0.15, -0.1) is 0 Å². The normalized spacial score (nSPS) is 16.0. The highest BCUT2D eigenvalue weighted by Gasteiger charge is 2.28. The van der Waals surface area contributed by atoms with Gasteiger partial charge in [-0.1, -0.05) is 12.1 Å². The van der Waals surface area contributed by atoms with Gasteiger partial charge < -0.3 is 5.32 Å². The van der Waals surface area contributed by atoms with Gasteiger partial charge in [0.1, 0.15) is 11.9 Å². The zero-order valence-electron chi connectivity index (χ0n) is 12.4. The molecule has 1 aliphatic rings. The van der Waals surface area contributed by atoms with Crippen LogP contribution in [0.15, 0.2) is 42.6 Å². The number of benzene rings is 1. The maximum Gasteiger partial charge on any atom is 0.235 e. The Balaban J connectivity index is 1.77. The Morgan fingerprint density at radius 3 is 2.91 bits per heavy atom. The summed E-state index contributed by atoms with van der Waals surface area (Å²) in [6.07, 6.45) is 2.28. The van der Waals surface area contributed by atoms with Gasteiger partial charge in [0.25, 0.3) is 0 Å². The summed E-state index contributed by atoms with van der Waals surface area (Å²) in [6, 6.07) is 12.9. The van der Waals surface area contributed by atoms with Crippen molar-refractivity contribution in [1.29, 1.82) is 5.26 Å². The molecule has 3 rings (SSSR count). The minimum atomic E-state index is -3.18. The second kappa shape index (κ2) is 6.26. The average Bonchev–Trinajstić information content (AvgIpc) is 2.92. The standard InChI is InChI=1S/C16H16N4O2S/c17-11-14-5-2-7-18-16(14)19-12-13-4-1-6-15(10-13)20-8-3-9-23(20,21)22/h1-2,4-7,10H,3,8-9,12H2,(H,18,19). The van der Waals surface area contributed by atoms with Gasteiger partial charge in [-0.2, -0.15) is 5.26 Å². The first-order valence-corrected chi connectivity index (χ1v) is 8.89. The van der Waals surface area contributed by atoms with Crippen molar-refractivity contribution in [1.82, 2.24) is 4.98 Å². The first-order chi connectivity index (χ1) is 11.1. The molecule has 0 radical (unpaired) electrons. The van der Waals surface area contributed by atoms with Crippen LogP contribution in [0.4, 0.5) is 11.5 Å². The second-order valence-corrected chi connectivity index (χ2v) is 7.29. The number of hydrogen-bond acceptors (Lipinski definition) is 5. The summed E-state index contributed by atoms with van der Waals surface area (Å²) >= 11 is 0. The minimum absolute atomic E-state index is 0.203. The number of nitriles is 1. The van der Waals surface area contributed by atoms with E-state index in [0.29, 0.717) is 36.6 Å². The van der Waals surface area contributed by atoms with Gasteiger partial charge in [0, 0.05) is 19.3 Å². The lowest BCUT2D eigenvalue weighted by molar-refractivity contribution is 0.599. The Labute approximate surface area is 135 Å². The van der Waals surface area contributed by atoms with E-state index in [0.717, 1.165) is 5.56 Å². The monoisotopic (exact) mass is 328 g/mol. The van der Waals surface area contributed by atoms with Crippen LogP contribution in [0.2, 0.25) is 0 Å². The first kappa shape index (κ1) is 15.3. The number of hydrogen-bond donors (Lipinski definition) is 1. The summed E-state index contributed by atoms with van der Waals surface area (Å²) in [4.78, 5) is 4.15. The molecule has 1 fully saturated rings. The topological polar surface area (TPSA) is 86.1 Å². The third-order valence-corrected chi connectivity index (χ3v) is 5.56. The van der Waals surface area contributed by atoms with Gasteiger partial charge in [0.2, 0.25) is 10.0 Å². The van der Waals surface area contributed by atoms with Gasteiger partial charge in [-0.05, 0) is 36.2 Å². The zero-order chi connectivity index (χ0) is 16.3. The van der Waals surface area contributed by atoms with Crippen LogP contribution in [0.25, 0.3) is 0 Å². The van der Waals surface area contributed by atoms with Crippen LogP contribution in [-0.2, 0) is 16.6 Å². The lowest BCUT2D eigenvalue weighted by atomic mass is 10.2. The van der Waals surface area contributed by atoms with Gasteiger partial charge in [-0.3, -0.25) is 4.31 Å². The molecule has 2 heterocycles. The molecule has 0 bridgehead atoms. The maximum atomic E-state index is 12.0. The van der Waals surface area contributed by atoms with E-state index >= 15 is 0 Å². The molecular weight excluding hydrogens is 312 g/mol. The van der Waals surface area contributed by atoms with Gasteiger partial charge >= 0.3 is 0 Å². The third kappa shape index (κ3) is 3.27. The molecule has 1 saturated heterocycles. The van der Waals surface area contributed by atoms with E-state index in [9.17, 15) is 8.42 Å². The number of nitrogens with zero attached hydrogens (tertiary/aromatic N) is 3. The lowest BCUT2D eigenvalue weighted by Gasteiger charge is -2.18. The zero-order valence-corrected chi connectivity index (χ0v) is 13.3. The molecule has 1 aromatic heterocycles. The first-order valence-electron chi connectivity index (χ1n) is 7.28. The minimum Gasteiger partial charge on any atom is -0.365 e. The van der Waals surface area contributed by atoms with E-state index in [1.54, 1.807) is 24.4 Å². The molecule has 6 nitrogen and oxygen atoms in total. The lowest BCUT2D eigenvalue weighted by Crippen LogP contribution is -2.25. The third-order valence-electron chi connectivity index (χ3n) is 3.69. The quantitative estimate of drug-likeness (QED) is 0.929. The van der Waals surface area contributed by atoms with E-state index < -0.39 is 10.0 Å². The SMILES string of the molecule is N#Cc1cccnc1NCc1cccc(N2CCCS2(=O)=O)c1. The molecular formula is C16H16N4O2S. The molecule has 1 N–H and O–H groups in total. The fourth-order valence-corrected chi connectivity index (χ4v) is 4.13. The van der Waals surface area contributed by atoms with Crippen LogP contribution in [-0.4, -0.2) is 25.7 Å². The van der Waals surface area contributed by atoms with Crippen molar-refractivity contribution in [3.05, 3.63) is 53.7 Å². The summed E-state index contributed by atoms with van der Waals surface area (Å²) in [6.45, 7) is 0.992. The summed E-state index contributed by atoms with van der Waals surface area (Å²) in [5.41, 5.74) is 2.09. The van der Waals surface area contributed by atoms with Crippen molar-refractivity contribution < 1.29 is 8.42 Å². The Morgan fingerprint density at radius 2 is 2.17 bits per heavy atom. The fourth-order valence-electron chi connectivity index (χ4n) is 2.57. The van der Waals surface area contributed by atoms with Crippen molar-refractivity contribution in [3.63, 3.8) is 0 Å². The maximum absolute atomic E-state index is 12.0. The van der Waals surface area contributed by atoms with Crippen molar-refractivity contribution in [3.8, 4) is 6.07 Å². The van der Waals surface area contributed by atoms with Gasteiger partial charge in [0.15, 0.2) is 0 Å². The van der Waals surface area contributed by atoms with Crippen molar-refractivity contribution in [2.24, 2.45) is 0 Å². The van der Waals surface area contributed by atoms with E-state index in [2.05, 4.69) is 16.4 Å². The Morgan fingerprint density at radius 1 is 1.30 bits per heavy atom. The predicted octanol–water partition coefficient (Wildman–Crippen LogP) is 2.11. The number of pyridine rings is 1. The van der Waals surface area contributed by atoms with E-state index in [4.69, 9.17) is 5.26 Å². The largest absolute Gasteiger partial charge is 0.365 e.